The Hall–Kier alpha value is -1.75. The van der Waals surface area contributed by atoms with Crippen LogP contribution in [0.5, 0.6) is 0 Å². The summed E-state index contributed by atoms with van der Waals surface area (Å²) in [5, 5.41) is 14.1. The van der Waals surface area contributed by atoms with Gasteiger partial charge >= 0.3 is 0 Å². The summed E-state index contributed by atoms with van der Waals surface area (Å²) in [7, 11) is -2.68. The maximum Gasteiger partial charge on any atom is 0.270 e. The Kier molecular flexibility index (Phi) is 9.28. The number of non-ortho nitro benzene ring substituents is 1. The smallest absolute Gasteiger partial charge is 0.270 e. The molecule has 1 fully saturated rings. The summed E-state index contributed by atoms with van der Waals surface area (Å²) in [5.74, 6) is -0.250. The highest BCUT2D eigenvalue weighted by Gasteiger charge is 2.29. The van der Waals surface area contributed by atoms with Gasteiger partial charge in [0.2, 0.25) is 15.9 Å². The quantitative estimate of drug-likeness (QED) is 0.491. The molecule has 0 radical (unpaired) electrons. The highest BCUT2D eigenvalue weighted by atomic mass is 35.5. The third-order valence-electron chi connectivity index (χ3n) is 4.63. The van der Waals surface area contributed by atoms with Crippen molar-refractivity contribution in [2.75, 3.05) is 33.2 Å². The zero-order valence-corrected chi connectivity index (χ0v) is 17.7. The number of sulfonamides is 1. The Morgan fingerprint density at radius 3 is 2.54 bits per heavy atom. The number of amides is 1. The van der Waals surface area contributed by atoms with E-state index in [1.807, 2.05) is 6.92 Å². The number of benzene rings is 1. The minimum atomic E-state index is -4.00. The normalized spacial score (nSPS) is 15.1. The first-order valence-corrected chi connectivity index (χ1v) is 10.4. The summed E-state index contributed by atoms with van der Waals surface area (Å²) < 4.78 is 26.4. The molecule has 0 bridgehead atoms. The zero-order valence-electron chi connectivity index (χ0n) is 16.0. The molecule has 0 atom stereocenters. The van der Waals surface area contributed by atoms with Crippen LogP contribution in [0, 0.1) is 10.1 Å². The average molecular weight is 435 g/mol. The van der Waals surface area contributed by atoms with E-state index in [0.29, 0.717) is 6.54 Å². The summed E-state index contributed by atoms with van der Waals surface area (Å²) in [6.07, 6.45) is 2.47. The Balaban J connectivity index is 0.00000392. The number of hydrogen-bond acceptors (Lipinski definition) is 6. The van der Waals surface area contributed by atoms with Crippen LogP contribution in [-0.4, -0.2) is 67.7 Å². The largest absolute Gasteiger partial charge is 0.338 e. The number of carbonyl (C=O) groups is 1. The van der Waals surface area contributed by atoms with Gasteiger partial charge < -0.3 is 10.2 Å². The Morgan fingerprint density at radius 2 is 1.96 bits per heavy atom. The molecule has 158 valence electrons. The first-order valence-electron chi connectivity index (χ1n) is 8.98. The van der Waals surface area contributed by atoms with Gasteiger partial charge in [-0.05, 0) is 38.4 Å². The van der Waals surface area contributed by atoms with Gasteiger partial charge in [-0.25, -0.2) is 8.42 Å². The van der Waals surface area contributed by atoms with Gasteiger partial charge in [0.1, 0.15) is 0 Å². The summed E-state index contributed by atoms with van der Waals surface area (Å²) in [5.41, 5.74) is -0.307. The van der Waals surface area contributed by atoms with Gasteiger partial charge in [-0.15, -0.1) is 12.4 Å². The lowest BCUT2D eigenvalue weighted by Crippen LogP contribution is -2.49. The Bertz CT molecular complexity index is 784. The van der Waals surface area contributed by atoms with Crippen LogP contribution in [0.2, 0.25) is 0 Å². The van der Waals surface area contributed by atoms with Gasteiger partial charge in [0.05, 0.1) is 16.4 Å². The number of carbonyl (C=O) groups excluding carboxylic acids is 1. The van der Waals surface area contributed by atoms with E-state index in [9.17, 15) is 23.3 Å². The number of nitrogens with one attached hydrogen (secondary N) is 1. The van der Waals surface area contributed by atoms with E-state index in [2.05, 4.69) is 5.32 Å². The molecule has 1 amide bonds. The monoisotopic (exact) mass is 434 g/mol. The second-order valence-electron chi connectivity index (χ2n) is 6.58. The van der Waals surface area contributed by atoms with E-state index in [-0.39, 0.29) is 41.5 Å². The van der Waals surface area contributed by atoms with E-state index in [1.165, 1.54) is 25.2 Å². The van der Waals surface area contributed by atoms with Crippen LogP contribution >= 0.6 is 12.4 Å². The fourth-order valence-electron chi connectivity index (χ4n) is 3.17. The van der Waals surface area contributed by atoms with Gasteiger partial charge in [-0.1, -0.05) is 13.0 Å². The highest BCUT2D eigenvalue weighted by Crippen LogP contribution is 2.21. The number of rotatable bonds is 8. The van der Waals surface area contributed by atoms with Gasteiger partial charge in [-0.2, -0.15) is 4.31 Å². The minimum absolute atomic E-state index is 0. The van der Waals surface area contributed by atoms with Crippen LogP contribution < -0.4 is 5.32 Å². The molecule has 1 aliphatic heterocycles. The molecule has 1 saturated heterocycles. The lowest BCUT2D eigenvalue weighted by atomic mass is 10.0. The molecule has 0 spiro atoms. The second kappa shape index (κ2) is 10.7. The van der Waals surface area contributed by atoms with Crippen LogP contribution in [0.4, 0.5) is 5.69 Å². The lowest BCUT2D eigenvalue weighted by Gasteiger charge is -2.35. The van der Waals surface area contributed by atoms with Crippen molar-refractivity contribution in [3.8, 4) is 0 Å². The molecule has 0 aromatic heterocycles. The summed E-state index contributed by atoms with van der Waals surface area (Å²) in [6.45, 7) is 3.92. The van der Waals surface area contributed by atoms with Crippen molar-refractivity contribution in [2.24, 2.45) is 0 Å². The Labute approximate surface area is 171 Å². The minimum Gasteiger partial charge on any atom is -0.338 e. The molecule has 11 heteroatoms. The molecule has 1 heterocycles. The topological polar surface area (TPSA) is 113 Å². The Morgan fingerprint density at radius 1 is 1.32 bits per heavy atom. The summed E-state index contributed by atoms with van der Waals surface area (Å²) in [6, 6.07) is 4.95. The van der Waals surface area contributed by atoms with Crippen molar-refractivity contribution in [1.29, 1.82) is 0 Å². The van der Waals surface area contributed by atoms with E-state index >= 15 is 0 Å². The number of nitrogens with zero attached hydrogens (tertiary/aromatic N) is 3. The van der Waals surface area contributed by atoms with E-state index < -0.39 is 14.9 Å². The molecule has 1 aliphatic rings. The van der Waals surface area contributed by atoms with Crippen molar-refractivity contribution in [1.82, 2.24) is 14.5 Å². The molecular weight excluding hydrogens is 408 g/mol. The van der Waals surface area contributed by atoms with Gasteiger partial charge in [0.15, 0.2) is 0 Å². The van der Waals surface area contributed by atoms with Gasteiger partial charge in [-0.3, -0.25) is 14.9 Å². The molecule has 28 heavy (non-hydrogen) atoms. The number of nitro groups is 1. The molecule has 0 unspecified atom stereocenters. The van der Waals surface area contributed by atoms with Crippen molar-refractivity contribution in [2.45, 2.75) is 37.1 Å². The second-order valence-corrected chi connectivity index (χ2v) is 8.63. The number of piperidine rings is 1. The third kappa shape index (κ3) is 5.87. The molecule has 1 aromatic carbocycles. The van der Waals surface area contributed by atoms with Crippen molar-refractivity contribution in [3.05, 3.63) is 34.4 Å². The van der Waals surface area contributed by atoms with Crippen LogP contribution in [-0.2, 0) is 14.8 Å². The first kappa shape index (κ1) is 24.3. The predicted octanol–water partition coefficient (Wildman–Crippen LogP) is 1.63. The molecule has 1 N–H and O–H groups in total. The molecule has 2 rings (SSSR count). The summed E-state index contributed by atoms with van der Waals surface area (Å²) in [4.78, 5) is 24.6. The number of hydrogen-bond donors (Lipinski definition) is 1. The van der Waals surface area contributed by atoms with Crippen LogP contribution in [0.15, 0.2) is 29.2 Å². The van der Waals surface area contributed by atoms with E-state index in [4.69, 9.17) is 0 Å². The molecule has 0 saturated carbocycles. The van der Waals surface area contributed by atoms with Crippen molar-refractivity contribution in [3.63, 3.8) is 0 Å². The van der Waals surface area contributed by atoms with Gasteiger partial charge in [0.25, 0.3) is 5.69 Å². The molecular formula is C17H27ClN4O5S. The average Bonchev–Trinajstić information content (AvgIpc) is 2.66. The SMILES string of the molecule is CCCN(C(=O)CN(C)S(=O)(=O)c1cccc([N+](=O)[O-])c1)C1CCNCC1.Cl. The van der Waals surface area contributed by atoms with Crippen LogP contribution in [0.3, 0.4) is 0 Å². The molecule has 0 aliphatic carbocycles. The molecule has 1 aromatic rings. The maximum absolute atomic E-state index is 12.8. The zero-order chi connectivity index (χ0) is 20.0. The number of halogens is 1. The fraction of sp³-hybridized carbons (Fsp3) is 0.588. The summed E-state index contributed by atoms with van der Waals surface area (Å²) >= 11 is 0. The highest BCUT2D eigenvalue weighted by molar-refractivity contribution is 7.89. The van der Waals surface area contributed by atoms with Crippen molar-refractivity contribution < 1.29 is 18.1 Å². The fourth-order valence-corrected chi connectivity index (χ4v) is 4.33. The van der Waals surface area contributed by atoms with Crippen LogP contribution in [0.25, 0.3) is 0 Å². The van der Waals surface area contributed by atoms with E-state index in [1.54, 1.807) is 4.90 Å². The van der Waals surface area contributed by atoms with Crippen molar-refractivity contribution >= 4 is 34.0 Å². The standard InChI is InChI=1S/C17H26N4O5S.ClH/c1-3-11-20(14-7-9-18-10-8-14)17(22)13-19(2)27(25,26)16-6-4-5-15(12-16)21(23)24;/h4-6,12,14,18H,3,7-11,13H2,1-2H3;1H. The first-order chi connectivity index (χ1) is 12.8. The van der Waals surface area contributed by atoms with Gasteiger partial charge in [0, 0.05) is 31.8 Å². The molecule has 9 nitrogen and oxygen atoms in total. The predicted molar refractivity (Wildman–Crippen MR) is 108 cm³/mol. The number of likely N-dealkylation sites (N-methyl/N-ethyl adjacent to an activating group) is 1. The number of nitro benzene ring substituents is 1. The third-order valence-corrected chi connectivity index (χ3v) is 6.43. The van der Waals surface area contributed by atoms with E-state index in [0.717, 1.165) is 42.7 Å². The maximum atomic E-state index is 12.8. The lowest BCUT2D eigenvalue weighted by molar-refractivity contribution is -0.385. The van der Waals surface area contributed by atoms with Crippen LogP contribution in [0.1, 0.15) is 26.2 Å².